The van der Waals surface area contributed by atoms with Crippen molar-refractivity contribution in [3.8, 4) is 22.7 Å². The Morgan fingerprint density at radius 2 is 1.62 bits per heavy atom. The summed E-state index contributed by atoms with van der Waals surface area (Å²) in [6, 6.07) is 19.9. The number of benzene rings is 3. The lowest BCUT2D eigenvalue weighted by atomic mass is 9.99. The van der Waals surface area contributed by atoms with Gasteiger partial charge in [0.2, 0.25) is 5.88 Å². The van der Waals surface area contributed by atoms with Crippen LogP contribution in [0.25, 0.3) is 16.8 Å². The second-order valence-electron chi connectivity index (χ2n) is 7.50. The number of carbonyl (C=O) groups is 2. The number of hydrogen-bond acceptors (Lipinski definition) is 4. The molecule has 0 aliphatic carbocycles. The molecule has 3 aromatic carbocycles. The summed E-state index contributed by atoms with van der Waals surface area (Å²) in [5, 5.41) is 26.7. The molecule has 1 atom stereocenters. The third kappa shape index (κ3) is 5.07. The third-order valence-corrected chi connectivity index (χ3v) is 5.50. The van der Waals surface area contributed by atoms with E-state index in [1.807, 2.05) is 0 Å². The zero-order valence-electron chi connectivity index (χ0n) is 17.7. The number of amides is 1. The van der Waals surface area contributed by atoms with Crippen molar-refractivity contribution in [2.75, 3.05) is 0 Å². The van der Waals surface area contributed by atoms with Crippen LogP contribution in [0.15, 0.2) is 78.9 Å². The van der Waals surface area contributed by atoms with Gasteiger partial charge in [0.25, 0.3) is 5.91 Å². The van der Waals surface area contributed by atoms with Crippen LogP contribution in [0.4, 0.5) is 4.39 Å². The average Bonchev–Trinajstić information content (AvgIpc) is 3.21. The molecule has 34 heavy (non-hydrogen) atoms. The number of rotatable bonds is 7. The first-order valence-electron chi connectivity index (χ1n) is 10.2. The predicted molar refractivity (Wildman–Crippen MR) is 125 cm³/mol. The molecule has 1 aromatic heterocycles. The second-order valence-corrected chi connectivity index (χ2v) is 7.91. The van der Waals surface area contributed by atoms with Crippen molar-refractivity contribution in [3.63, 3.8) is 0 Å². The molecule has 0 spiro atoms. The van der Waals surface area contributed by atoms with E-state index < -0.39 is 17.9 Å². The van der Waals surface area contributed by atoms with Crippen LogP contribution in [0.5, 0.6) is 5.88 Å². The predicted octanol–water partition coefficient (Wildman–Crippen LogP) is 4.98. The Kier molecular flexibility index (Phi) is 6.60. The van der Waals surface area contributed by atoms with E-state index in [9.17, 15) is 24.2 Å². The third-order valence-electron chi connectivity index (χ3n) is 5.18. The van der Waals surface area contributed by atoms with Gasteiger partial charge in [-0.2, -0.15) is 9.78 Å². The maximum absolute atomic E-state index is 13.2. The van der Waals surface area contributed by atoms with Crippen LogP contribution in [0.1, 0.15) is 28.5 Å². The van der Waals surface area contributed by atoms with Gasteiger partial charge in [-0.05, 0) is 41.0 Å². The van der Waals surface area contributed by atoms with Crippen molar-refractivity contribution in [3.05, 3.63) is 101 Å². The minimum absolute atomic E-state index is 0.101. The van der Waals surface area contributed by atoms with Gasteiger partial charge in [-0.1, -0.05) is 60.1 Å². The fourth-order valence-electron chi connectivity index (χ4n) is 3.49. The zero-order valence-corrected chi connectivity index (χ0v) is 18.4. The SMILES string of the molecule is O=C(O)C[C@H](NC(=O)c1cc(O)n(-c2ccccc2Cl)n1)c1ccc(-c2ccc(F)cc2)cc1. The minimum Gasteiger partial charge on any atom is -0.493 e. The van der Waals surface area contributed by atoms with Crippen LogP contribution in [-0.2, 0) is 4.79 Å². The molecule has 0 saturated carbocycles. The molecule has 7 nitrogen and oxygen atoms in total. The number of carboxylic acid groups (broad SMARTS) is 1. The molecule has 172 valence electrons. The van der Waals surface area contributed by atoms with Crippen molar-refractivity contribution in [2.24, 2.45) is 0 Å². The first-order valence-corrected chi connectivity index (χ1v) is 10.6. The van der Waals surface area contributed by atoms with E-state index in [0.29, 0.717) is 16.3 Å². The second kappa shape index (κ2) is 9.76. The van der Waals surface area contributed by atoms with E-state index in [-0.39, 0.29) is 23.8 Å². The number of hydrogen-bond donors (Lipinski definition) is 3. The molecule has 0 fully saturated rings. The summed E-state index contributed by atoms with van der Waals surface area (Å²) in [4.78, 5) is 24.3. The molecule has 0 bridgehead atoms. The van der Waals surface area contributed by atoms with Crippen LogP contribution in [-0.4, -0.2) is 31.9 Å². The number of halogens is 2. The molecular formula is C25H19ClFN3O4. The summed E-state index contributed by atoms with van der Waals surface area (Å²) in [6.45, 7) is 0. The molecule has 0 aliphatic rings. The van der Waals surface area contributed by atoms with E-state index >= 15 is 0 Å². The van der Waals surface area contributed by atoms with Gasteiger partial charge in [-0.25, -0.2) is 4.39 Å². The minimum atomic E-state index is -1.10. The van der Waals surface area contributed by atoms with E-state index in [4.69, 9.17) is 11.6 Å². The average molecular weight is 480 g/mol. The van der Waals surface area contributed by atoms with E-state index in [0.717, 1.165) is 15.8 Å². The molecule has 4 aromatic rings. The molecule has 1 amide bonds. The first kappa shape index (κ1) is 23.0. The maximum atomic E-state index is 13.2. The Hall–Kier alpha value is -4.17. The van der Waals surface area contributed by atoms with E-state index in [1.165, 1.54) is 18.2 Å². The van der Waals surface area contributed by atoms with Gasteiger partial charge in [-0.15, -0.1) is 0 Å². The molecule has 0 aliphatic heterocycles. The first-order chi connectivity index (χ1) is 16.3. The van der Waals surface area contributed by atoms with Crippen LogP contribution >= 0.6 is 11.6 Å². The summed E-state index contributed by atoms with van der Waals surface area (Å²) in [5.41, 5.74) is 2.46. The number of nitrogens with zero attached hydrogens (tertiary/aromatic N) is 2. The van der Waals surface area contributed by atoms with Gasteiger partial charge < -0.3 is 15.5 Å². The summed E-state index contributed by atoms with van der Waals surface area (Å²) < 4.78 is 14.3. The number of para-hydroxylation sites is 1. The molecule has 0 saturated heterocycles. The summed E-state index contributed by atoms with van der Waals surface area (Å²) in [6.07, 6.45) is -0.362. The Morgan fingerprint density at radius 3 is 2.24 bits per heavy atom. The van der Waals surface area contributed by atoms with Crippen LogP contribution in [0, 0.1) is 5.82 Å². The van der Waals surface area contributed by atoms with Crippen molar-refractivity contribution in [2.45, 2.75) is 12.5 Å². The Balaban J connectivity index is 1.56. The topological polar surface area (TPSA) is 104 Å². The normalized spacial score (nSPS) is 11.7. The Bertz CT molecular complexity index is 1340. The maximum Gasteiger partial charge on any atom is 0.305 e. The van der Waals surface area contributed by atoms with Gasteiger partial charge in [0, 0.05) is 6.07 Å². The Morgan fingerprint density at radius 1 is 1.00 bits per heavy atom. The number of nitrogens with one attached hydrogen (secondary N) is 1. The van der Waals surface area contributed by atoms with Crippen molar-refractivity contribution in [1.82, 2.24) is 15.1 Å². The highest BCUT2D eigenvalue weighted by atomic mass is 35.5. The van der Waals surface area contributed by atoms with E-state index in [2.05, 4.69) is 10.4 Å². The number of aromatic hydroxyl groups is 1. The molecule has 0 unspecified atom stereocenters. The van der Waals surface area contributed by atoms with Gasteiger partial charge in [0.15, 0.2) is 5.69 Å². The van der Waals surface area contributed by atoms with Crippen LogP contribution in [0.2, 0.25) is 5.02 Å². The molecule has 9 heteroatoms. The highest BCUT2D eigenvalue weighted by molar-refractivity contribution is 6.32. The highest BCUT2D eigenvalue weighted by Gasteiger charge is 2.22. The van der Waals surface area contributed by atoms with Crippen molar-refractivity contribution in [1.29, 1.82) is 0 Å². The van der Waals surface area contributed by atoms with Gasteiger partial charge in [0.1, 0.15) is 5.82 Å². The van der Waals surface area contributed by atoms with Gasteiger partial charge >= 0.3 is 5.97 Å². The lowest BCUT2D eigenvalue weighted by molar-refractivity contribution is -0.137. The molecule has 1 heterocycles. The molecular weight excluding hydrogens is 461 g/mol. The standard InChI is InChI=1S/C25H19ClFN3O4/c26-19-3-1-2-4-22(19)30-23(31)13-21(29-30)25(34)28-20(14-24(32)33)17-7-5-15(6-8-17)16-9-11-18(27)12-10-16/h1-13,20,31H,14H2,(H,28,34)(H,32,33)/t20-/m0/s1. The summed E-state index contributed by atoms with van der Waals surface area (Å²) in [7, 11) is 0. The monoisotopic (exact) mass is 479 g/mol. The van der Waals surface area contributed by atoms with Gasteiger partial charge in [-0.3, -0.25) is 9.59 Å². The lowest BCUT2D eigenvalue weighted by Crippen LogP contribution is -2.30. The van der Waals surface area contributed by atoms with Crippen LogP contribution in [0.3, 0.4) is 0 Å². The Labute approximate surface area is 199 Å². The molecule has 0 radical (unpaired) electrons. The summed E-state index contributed by atoms with van der Waals surface area (Å²) >= 11 is 6.15. The number of carboxylic acids is 1. The molecule has 4 rings (SSSR count). The number of aromatic nitrogens is 2. The van der Waals surface area contributed by atoms with Crippen molar-refractivity contribution >= 4 is 23.5 Å². The quantitative estimate of drug-likeness (QED) is 0.346. The summed E-state index contributed by atoms with van der Waals surface area (Å²) in [5.74, 6) is -2.39. The molecule has 3 N–H and O–H groups in total. The lowest BCUT2D eigenvalue weighted by Gasteiger charge is -2.17. The number of aliphatic carboxylic acids is 1. The number of carbonyl (C=O) groups excluding carboxylic acids is 1. The fraction of sp³-hybridized carbons (Fsp3) is 0.0800. The smallest absolute Gasteiger partial charge is 0.305 e. The highest BCUT2D eigenvalue weighted by Crippen LogP contribution is 2.26. The van der Waals surface area contributed by atoms with Crippen LogP contribution < -0.4 is 5.32 Å². The fourth-order valence-corrected chi connectivity index (χ4v) is 3.71. The van der Waals surface area contributed by atoms with Gasteiger partial charge in [0.05, 0.1) is 23.2 Å². The van der Waals surface area contributed by atoms with Crippen molar-refractivity contribution < 1.29 is 24.2 Å². The van der Waals surface area contributed by atoms with E-state index in [1.54, 1.807) is 60.7 Å². The largest absolute Gasteiger partial charge is 0.493 e. The zero-order chi connectivity index (χ0) is 24.2.